The Morgan fingerprint density at radius 3 is 1.87 bits per heavy atom. The molecular formula is C20H25ClN2. The average molecular weight is 329 g/mol. The molecule has 0 aromatic heterocycles. The van der Waals surface area contributed by atoms with Crippen LogP contribution in [0.2, 0.25) is 0 Å². The summed E-state index contributed by atoms with van der Waals surface area (Å²) in [7, 11) is 0. The third-order valence-corrected chi connectivity index (χ3v) is 5.10. The Morgan fingerprint density at radius 2 is 1.39 bits per heavy atom. The number of piperazine rings is 1. The minimum absolute atomic E-state index is 0.0838. The number of nitrogens with one attached hydrogen (secondary N) is 1. The Balaban J connectivity index is 2.11. The van der Waals surface area contributed by atoms with Gasteiger partial charge in [0.1, 0.15) is 0 Å². The van der Waals surface area contributed by atoms with E-state index in [0.717, 1.165) is 39.0 Å². The maximum atomic E-state index is 6.09. The van der Waals surface area contributed by atoms with Gasteiger partial charge < -0.3 is 5.32 Å². The van der Waals surface area contributed by atoms with Crippen LogP contribution in [0.3, 0.4) is 0 Å². The van der Waals surface area contributed by atoms with Crippen molar-refractivity contribution in [3.05, 3.63) is 71.8 Å². The first-order valence-corrected chi connectivity index (χ1v) is 9.04. The molecule has 0 bridgehead atoms. The number of hydrogen-bond donors (Lipinski definition) is 1. The van der Waals surface area contributed by atoms with Crippen LogP contribution in [0.25, 0.3) is 0 Å². The van der Waals surface area contributed by atoms with Gasteiger partial charge in [-0.1, -0.05) is 60.7 Å². The van der Waals surface area contributed by atoms with Crippen molar-refractivity contribution in [3.63, 3.8) is 0 Å². The van der Waals surface area contributed by atoms with Crippen molar-refractivity contribution in [3.8, 4) is 0 Å². The molecule has 23 heavy (non-hydrogen) atoms. The van der Waals surface area contributed by atoms with Gasteiger partial charge in [0.15, 0.2) is 0 Å². The Bertz CT molecular complexity index is 540. The van der Waals surface area contributed by atoms with Crippen LogP contribution in [0.1, 0.15) is 24.0 Å². The lowest BCUT2D eigenvalue weighted by Crippen LogP contribution is -2.55. The van der Waals surface area contributed by atoms with Crippen molar-refractivity contribution < 1.29 is 0 Å². The molecule has 1 saturated heterocycles. The largest absolute Gasteiger partial charge is 0.314 e. The van der Waals surface area contributed by atoms with Gasteiger partial charge in [-0.15, -0.1) is 11.6 Å². The van der Waals surface area contributed by atoms with E-state index in [1.165, 1.54) is 11.1 Å². The first-order chi connectivity index (χ1) is 11.4. The Labute approximate surface area is 144 Å². The summed E-state index contributed by atoms with van der Waals surface area (Å²) in [6, 6.07) is 21.9. The second kappa shape index (κ2) is 7.96. The molecule has 122 valence electrons. The van der Waals surface area contributed by atoms with E-state index < -0.39 is 0 Å². The lowest BCUT2D eigenvalue weighted by molar-refractivity contribution is 0.0957. The van der Waals surface area contributed by atoms with Crippen molar-refractivity contribution in [1.29, 1.82) is 0 Å². The first kappa shape index (κ1) is 16.5. The second-order valence-corrected chi connectivity index (χ2v) is 6.50. The minimum atomic E-state index is -0.0838. The summed E-state index contributed by atoms with van der Waals surface area (Å²) in [5, 5.41) is 3.48. The molecule has 0 amide bonds. The fraction of sp³-hybridized carbons (Fsp3) is 0.400. The predicted molar refractivity (Wildman–Crippen MR) is 98.1 cm³/mol. The maximum Gasteiger partial charge on any atom is 0.0716 e. The molecule has 2 aromatic carbocycles. The fourth-order valence-corrected chi connectivity index (χ4v) is 3.91. The molecule has 0 aliphatic carbocycles. The summed E-state index contributed by atoms with van der Waals surface area (Å²) in [6.45, 7) is 4.21. The van der Waals surface area contributed by atoms with Crippen LogP contribution < -0.4 is 5.32 Å². The molecule has 0 atom stereocenters. The van der Waals surface area contributed by atoms with Gasteiger partial charge in [0, 0.05) is 32.1 Å². The van der Waals surface area contributed by atoms with Crippen LogP contribution in [-0.2, 0) is 5.54 Å². The summed E-state index contributed by atoms with van der Waals surface area (Å²) < 4.78 is 0. The Morgan fingerprint density at radius 1 is 0.870 bits per heavy atom. The molecule has 2 nitrogen and oxygen atoms in total. The molecule has 1 aliphatic rings. The summed E-state index contributed by atoms with van der Waals surface area (Å²) in [6.07, 6.45) is 2.06. The minimum Gasteiger partial charge on any atom is -0.314 e. The molecule has 0 saturated carbocycles. The third-order valence-electron chi connectivity index (χ3n) is 4.83. The number of hydrogen-bond acceptors (Lipinski definition) is 2. The Hall–Kier alpha value is -1.35. The highest BCUT2D eigenvalue weighted by molar-refractivity contribution is 6.17. The van der Waals surface area contributed by atoms with Crippen molar-refractivity contribution in [2.45, 2.75) is 18.4 Å². The van der Waals surface area contributed by atoms with E-state index in [1.54, 1.807) is 0 Å². The number of nitrogens with zero attached hydrogens (tertiary/aromatic N) is 1. The predicted octanol–water partition coefficient (Wildman–Crippen LogP) is 3.85. The van der Waals surface area contributed by atoms with Crippen molar-refractivity contribution >= 4 is 11.6 Å². The maximum absolute atomic E-state index is 6.09. The van der Waals surface area contributed by atoms with Crippen LogP contribution in [0.5, 0.6) is 0 Å². The lowest BCUT2D eigenvalue weighted by atomic mass is 9.77. The molecule has 2 aromatic rings. The molecule has 3 heteroatoms. The van der Waals surface area contributed by atoms with Crippen molar-refractivity contribution in [2.75, 3.05) is 32.1 Å². The van der Waals surface area contributed by atoms with Crippen LogP contribution in [-0.4, -0.2) is 37.0 Å². The number of halogens is 1. The highest BCUT2D eigenvalue weighted by Gasteiger charge is 2.39. The van der Waals surface area contributed by atoms with E-state index in [9.17, 15) is 0 Å². The quantitative estimate of drug-likeness (QED) is 0.810. The SMILES string of the molecule is ClCCCC(c1ccccc1)(c1ccccc1)N1CCNCC1. The molecule has 1 N–H and O–H groups in total. The molecule has 1 fully saturated rings. The van der Waals surface area contributed by atoms with E-state index in [4.69, 9.17) is 11.6 Å². The van der Waals surface area contributed by atoms with Gasteiger partial charge in [-0.2, -0.15) is 0 Å². The molecule has 1 aliphatic heterocycles. The molecule has 0 unspecified atom stereocenters. The third kappa shape index (κ3) is 3.45. The topological polar surface area (TPSA) is 15.3 Å². The van der Waals surface area contributed by atoms with Crippen molar-refractivity contribution in [1.82, 2.24) is 10.2 Å². The summed E-state index contributed by atoms with van der Waals surface area (Å²) >= 11 is 6.09. The molecule has 1 heterocycles. The van der Waals surface area contributed by atoms with Gasteiger partial charge in [0.05, 0.1) is 5.54 Å². The van der Waals surface area contributed by atoms with Gasteiger partial charge in [0.25, 0.3) is 0 Å². The zero-order chi connectivity index (χ0) is 16.0. The normalized spacial score (nSPS) is 16.4. The van der Waals surface area contributed by atoms with Crippen LogP contribution in [0.15, 0.2) is 60.7 Å². The summed E-state index contributed by atoms with van der Waals surface area (Å²) in [5.41, 5.74) is 2.66. The number of alkyl halides is 1. The van der Waals surface area contributed by atoms with Gasteiger partial charge in [-0.3, -0.25) is 4.90 Å². The van der Waals surface area contributed by atoms with E-state index in [2.05, 4.69) is 70.9 Å². The zero-order valence-corrected chi connectivity index (χ0v) is 14.3. The van der Waals surface area contributed by atoms with E-state index in [-0.39, 0.29) is 5.54 Å². The van der Waals surface area contributed by atoms with Gasteiger partial charge in [-0.25, -0.2) is 0 Å². The monoisotopic (exact) mass is 328 g/mol. The van der Waals surface area contributed by atoms with E-state index in [0.29, 0.717) is 5.88 Å². The van der Waals surface area contributed by atoms with E-state index in [1.807, 2.05) is 0 Å². The van der Waals surface area contributed by atoms with Crippen molar-refractivity contribution in [2.24, 2.45) is 0 Å². The molecular weight excluding hydrogens is 304 g/mol. The summed E-state index contributed by atoms with van der Waals surface area (Å²) in [5.74, 6) is 0.702. The lowest BCUT2D eigenvalue weighted by Gasteiger charge is -2.47. The van der Waals surface area contributed by atoms with E-state index >= 15 is 0 Å². The average Bonchev–Trinajstić information content (AvgIpc) is 2.65. The number of benzene rings is 2. The Kier molecular flexibility index (Phi) is 5.71. The van der Waals surface area contributed by atoms with Crippen LogP contribution in [0.4, 0.5) is 0 Å². The second-order valence-electron chi connectivity index (χ2n) is 6.12. The standard InChI is InChI=1S/C20H25ClN2/c21-13-7-12-20(18-8-3-1-4-9-18,19-10-5-2-6-11-19)23-16-14-22-15-17-23/h1-6,8-11,22H,7,12-17H2. The molecule has 3 rings (SSSR count). The van der Waals surface area contributed by atoms with Gasteiger partial charge in [-0.05, 0) is 24.0 Å². The van der Waals surface area contributed by atoms with Crippen LogP contribution in [0, 0.1) is 0 Å². The molecule has 0 spiro atoms. The molecule has 0 radical (unpaired) electrons. The number of rotatable bonds is 6. The smallest absolute Gasteiger partial charge is 0.0716 e. The summed E-state index contributed by atoms with van der Waals surface area (Å²) in [4.78, 5) is 2.64. The highest BCUT2D eigenvalue weighted by atomic mass is 35.5. The highest BCUT2D eigenvalue weighted by Crippen LogP contribution is 2.40. The van der Waals surface area contributed by atoms with Crippen LogP contribution >= 0.6 is 11.6 Å². The van der Waals surface area contributed by atoms with Gasteiger partial charge >= 0.3 is 0 Å². The zero-order valence-electron chi connectivity index (χ0n) is 13.5. The fourth-order valence-electron chi connectivity index (χ4n) is 3.78. The first-order valence-electron chi connectivity index (χ1n) is 8.51. The van der Waals surface area contributed by atoms with Gasteiger partial charge in [0.2, 0.25) is 0 Å².